The third kappa shape index (κ3) is 16.3. The molecule has 0 saturated heterocycles. The molecule has 0 aliphatic rings. The van der Waals surface area contributed by atoms with E-state index in [0.29, 0.717) is 5.38 Å². The van der Waals surface area contributed by atoms with Gasteiger partial charge in [0.15, 0.2) is 0 Å². The first kappa shape index (κ1) is 20.2. The summed E-state index contributed by atoms with van der Waals surface area (Å²) in [5, 5.41) is 9.51. The Labute approximate surface area is 131 Å². The molecular weight excluding hydrogens is 270 g/mol. The van der Waals surface area contributed by atoms with Gasteiger partial charge in [0.1, 0.15) is 0 Å². The lowest BCUT2D eigenvalue weighted by Gasteiger charge is -2.13. The van der Waals surface area contributed by atoms with Crippen molar-refractivity contribution in [3.8, 4) is 0 Å². The lowest BCUT2D eigenvalue weighted by atomic mass is 10.0. The number of alkyl halides is 1. The fourth-order valence-electron chi connectivity index (χ4n) is 2.41. The van der Waals surface area contributed by atoms with Crippen LogP contribution in [0.15, 0.2) is 0 Å². The molecule has 20 heavy (non-hydrogen) atoms. The van der Waals surface area contributed by atoms with Crippen molar-refractivity contribution in [1.82, 2.24) is 4.90 Å². The maximum Gasteiger partial charge on any atom is 0.0512 e. The molecule has 2 unspecified atom stereocenters. The smallest absolute Gasteiger partial charge is 0.0512 e. The average molecular weight is 306 g/mol. The van der Waals surface area contributed by atoms with Gasteiger partial charge in [-0.2, -0.15) is 0 Å². The highest BCUT2D eigenvalue weighted by molar-refractivity contribution is 6.20. The van der Waals surface area contributed by atoms with E-state index in [4.69, 9.17) is 16.7 Å². The summed E-state index contributed by atoms with van der Waals surface area (Å²) >= 11 is 6.30. The Morgan fingerprint density at radius 3 is 1.70 bits per heavy atom. The molecule has 0 rings (SSSR count). The second-order valence-corrected chi connectivity index (χ2v) is 7.06. The first-order valence-corrected chi connectivity index (χ1v) is 8.93. The SMILES string of the molecule is CC(O)CCCCCCCCCCC(Cl)CCN(C)C. The lowest BCUT2D eigenvalue weighted by molar-refractivity contribution is 0.180. The van der Waals surface area contributed by atoms with E-state index >= 15 is 0 Å². The van der Waals surface area contributed by atoms with Crippen LogP contribution in [0.4, 0.5) is 0 Å². The lowest BCUT2D eigenvalue weighted by Crippen LogP contribution is -2.16. The fraction of sp³-hybridized carbons (Fsp3) is 1.00. The van der Waals surface area contributed by atoms with Crippen LogP contribution in [0.1, 0.15) is 77.6 Å². The van der Waals surface area contributed by atoms with E-state index in [2.05, 4.69) is 19.0 Å². The largest absolute Gasteiger partial charge is 0.393 e. The highest BCUT2D eigenvalue weighted by Crippen LogP contribution is 2.15. The second-order valence-electron chi connectivity index (χ2n) is 6.44. The molecule has 0 fully saturated rings. The average Bonchev–Trinajstić information content (AvgIpc) is 2.38. The first-order valence-electron chi connectivity index (χ1n) is 8.49. The summed E-state index contributed by atoms with van der Waals surface area (Å²) in [5.74, 6) is 0. The van der Waals surface area contributed by atoms with Crippen molar-refractivity contribution in [3.63, 3.8) is 0 Å². The zero-order valence-corrected chi connectivity index (χ0v) is 14.7. The standard InChI is InChI=1S/C17H36ClNO/c1-16(20)12-10-8-6-4-5-7-9-11-13-17(18)14-15-19(2)3/h16-17,20H,4-15H2,1-3H3. The molecule has 2 nitrogen and oxygen atoms in total. The third-order valence-corrected chi connectivity index (χ3v) is 4.22. The number of hydrogen-bond acceptors (Lipinski definition) is 2. The minimum Gasteiger partial charge on any atom is -0.393 e. The van der Waals surface area contributed by atoms with E-state index in [1.165, 1.54) is 57.8 Å². The third-order valence-electron chi connectivity index (χ3n) is 3.78. The van der Waals surface area contributed by atoms with Gasteiger partial charge in [-0.15, -0.1) is 11.6 Å². The van der Waals surface area contributed by atoms with Gasteiger partial charge in [0.2, 0.25) is 0 Å². The van der Waals surface area contributed by atoms with Crippen LogP contribution in [0.5, 0.6) is 0 Å². The number of unbranched alkanes of at least 4 members (excludes halogenated alkanes) is 7. The van der Waals surface area contributed by atoms with Gasteiger partial charge in [-0.3, -0.25) is 0 Å². The van der Waals surface area contributed by atoms with Crippen LogP contribution in [0, 0.1) is 0 Å². The van der Waals surface area contributed by atoms with Crippen molar-refractivity contribution in [2.24, 2.45) is 0 Å². The zero-order valence-electron chi connectivity index (χ0n) is 13.9. The molecule has 0 aromatic heterocycles. The summed E-state index contributed by atoms with van der Waals surface area (Å²) in [7, 11) is 4.20. The molecule has 0 aromatic rings. The van der Waals surface area contributed by atoms with E-state index in [-0.39, 0.29) is 6.10 Å². The predicted molar refractivity (Wildman–Crippen MR) is 90.7 cm³/mol. The van der Waals surface area contributed by atoms with Crippen LogP contribution in [0.25, 0.3) is 0 Å². The molecule has 0 amide bonds. The molecule has 1 N–H and O–H groups in total. The van der Waals surface area contributed by atoms with Gasteiger partial charge in [-0.25, -0.2) is 0 Å². The van der Waals surface area contributed by atoms with Gasteiger partial charge in [0.25, 0.3) is 0 Å². The van der Waals surface area contributed by atoms with Crippen LogP contribution in [0.3, 0.4) is 0 Å². The molecule has 0 aliphatic heterocycles. The Morgan fingerprint density at radius 2 is 1.25 bits per heavy atom. The summed E-state index contributed by atoms with van der Waals surface area (Å²) in [4.78, 5) is 2.20. The van der Waals surface area contributed by atoms with Gasteiger partial charge in [0, 0.05) is 5.38 Å². The topological polar surface area (TPSA) is 23.5 Å². The maximum absolute atomic E-state index is 9.15. The van der Waals surface area contributed by atoms with Crippen molar-refractivity contribution in [3.05, 3.63) is 0 Å². The molecule has 0 aromatic carbocycles. The van der Waals surface area contributed by atoms with E-state index in [1.807, 2.05) is 6.92 Å². The van der Waals surface area contributed by atoms with E-state index < -0.39 is 0 Å². The van der Waals surface area contributed by atoms with Gasteiger partial charge < -0.3 is 10.0 Å². The normalized spacial score (nSPS) is 14.7. The molecule has 0 aliphatic carbocycles. The van der Waals surface area contributed by atoms with Crippen LogP contribution in [-0.4, -0.2) is 42.1 Å². The van der Waals surface area contributed by atoms with E-state index in [0.717, 1.165) is 19.4 Å². The molecule has 0 spiro atoms. The number of rotatable bonds is 14. The van der Waals surface area contributed by atoms with Crippen LogP contribution < -0.4 is 0 Å². The maximum atomic E-state index is 9.15. The van der Waals surface area contributed by atoms with Crippen molar-refractivity contribution in [1.29, 1.82) is 0 Å². The molecule has 0 bridgehead atoms. The monoisotopic (exact) mass is 305 g/mol. The first-order chi connectivity index (χ1) is 9.52. The van der Waals surface area contributed by atoms with E-state index in [1.54, 1.807) is 0 Å². The highest BCUT2D eigenvalue weighted by atomic mass is 35.5. The summed E-state index contributed by atoms with van der Waals surface area (Å²) in [6, 6.07) is 0. The van der Waals surface area contributed by atoms with Crippen molar-refractivity contribution in [2.45, 2.75) is 89.0 Å². The molecule has 0 saturated carbocycles. The van der Waals surface area contributed by atoms with Crippen LogP contribution in [0.2, 0.25) is 0 Å². The quantitative estimate of drug-likeness (QED) is 0.367. The number of aliphatic hydroxyl groups is 1. The predicted octanol–water partition coefficient (Wildman–Crippen LogP) is 4.83. The summed E-state index contributed by atoms with van der Waals surface area (Å²) in [6.07, 6.45) is 13.6. The molecule has 122 valence electrons. The number of halogens is 1. The Morgan fingerprint density at radius 1 is 0.800 bits per heavy atom. The summed E-state index contributed by atoms with van der Waals surface area (Å²) in [5.41, 5.74) is 0. The van der Waals surface area contributed by atoms with E-state index in [9.17, 15) is 0 Å². The minimum absolute atomic E-state index is 0.119. The van der Waals surface area contributed by atoms with Crippen molar-refractivity contribution < 1.29 is 5.11 Å². The zero-order chi connectivity index (χ0) is 15.2. The fourth-order valence-corrected chi connectivity index (χ4v) is 2.66. The molecule has 0 heterocycles. The van der Waals surface area contributed by atoms with Crippen LogP contribution in [-0.2, 0) is 0 Å². The summed E-state index contributed by atoms with van der Waals surface area (Å²) < 4.78 is 0. The Kier molecular flexibility index (Phi) is 14.3. The van der Waals surface area contributed by atoms with Gasteiger partial charge >= 0.3 is 0 Å². The van der Waals surface area contributed by atoms with Crippen LogP contribution >= 0.6 is 11.6 Å². The number of nitrogens with zero attached hydrogens (tertiary/aromatic N) is 1. The Bertz CT molecular complexity index is 197. The van der Waals surface area contributed by atoms with Gasteiger partial charge in [-0.1, -0.05) is 51.4 Å². The van der Waals surface area contributed by atoms with Crippen molar-refractivity contribution >= 4 is 11.6 Å². The van der Waals surface area contributed by atoms with Crippen molar-refractivity contribution in [2.75, 3.05) is 20.6 Å². The second kappa shape index (κ2) is 14.2. The molecule has 2 atom stereocenters. The summed E-state index contributed by atoms with van der Waals surface area (Å²) in [6.45, 7) is 2.98. The Hall–Kier alpha value is 0.210. The highest BCUT2D eigenvalue weighted by Gasteiger charge is 2.04. The van der Waals surface area contributed by atoms with Gasteiger partial charge in [-0.05, 0) is 46.8 Å². The molecule has 3 heteroatoms. The van der Waals surface area contributed by atoms with Gasteiger partial charge in [0.05, 0.1) is 6.10 Å². The minimum atomic E-state index is -0.119. The molecular formula is C17H36ClNO. The Balaban J connectivity index is 3.12. The number of aliphatic hydroxyl groups excluding tert-OH is 1. The number of hydrogen-bond donors (Lipinski definition) is 1. The molecule has 0 radical (unpaired) electrons.